The summed E-state index contributed by atoms with van der Waals surface area (Å²) in [7, 11) is -3.46. The molecule has 1 heterocycles. The molecule has 0 aromatic rings. The Hall–Kier alpha value is -0.620. The summed E-state index contributed by atoms with van der Waals surface area (Å²) in [4.78, 5) is 10.4. The van der Waals surface area contributed by atoms with Crippen molar-refractivity contribution < 1.29 is 18.3 Å². The molecule has 0 aliphatic carbocycles. The Morgan fingerprint density at radius 3 is 2.27 bits per heavy atom. The second-order valence-corrected chi connectivity index (χ2v) is 4.82. The molecule has 1 aliphatic rings. The van der Waals surface area contributed by atoms with Crippen molar-refractivity contribution in [3.63, 3.8) is 0 Å². The Kier molecular flexibility index (Phi) is 1.89. The lowest BCUT2D eigenvalue weighted by molar-refractivity contribution is -0.136. The van der Waals surface area contributed by atoms with Crippen LogP contribution in [0.25, 0.3) is 0 Å². The van der Waals surface area contributed by atoms with Gasteiger partial charge in [0.2, 0.25) is 0 Å². The summed E-state index contributed by atoms with van der Waals surface area (Å²) in [5.74, 6) is -1.44. The van der Waals surface area contributed by atoms with Gasteiger partial charge in [-0.25, -0.2) is 8.42 Å². The molecule has 0 radical (unpaired) electrons. The Morgan fingerprint density at radius 1 is 1.55 bits per heavy atom. The van der Waals surface area contributed by atoms with Gasteiger partial charge in [0.1, 0.15) is 0 Å². The molecule has 0 aromatic carbocycles. The van der Waals surface area contributed by atoms with Gasteiger partial charge in [-0.3, -0.25) is 4.79 Å². The van der Waals surface area contributed by atoms with Crippen LogP contribution < -0.4 is 5.73 Å². The van der Waals surface area contributed by atoms with Crippen molar-refractivity contribution in [1.29, 1.82) is 0 Å². The lowest BCUT2D eigenvalue weighted by Crippen LogP contribution is -2.39. The topological polar surface area (TPSA) is 97.5 Å². The number of aliphatic carboxylic acids is 1. The minimum atomic E-state index is -3.46. The normalized spacial score (nSPS) is 35.4. The van der Waals surface area contributed by atoms with E-state index < -0.39 is 27.1 Å². The van der Waals surface area contributed by atoms with E-state index in [0.29, 0.717) is 0 Å². The molecule has 1 fully saturated rings. The first kappa shape index (κ1) is 8.48. The van der Waals surface area contributed by atoms with Crippen molar-refractivity contribution >= 4 is 15.8 Å². The Bertz CT molecular complexity index is 270. The van der Waals surface area contributed by atoms with Crippen molar-refractivity contribution in [3.8, 4) is 0 Å². The van der Waals surface area contributed by atoms with Gasteiger partial charge < -0.3 is 10.8 Å². The number of hydrogen-bond donors (Lipinski definition) is 2. The third kappa shape index (κ3) is 1.36. The number of rotatable bonds is 1. The molecule has 0 aromatic heterocycles. The van der Waals surface area contributed by atoms with Gasteiger partial charge in [0, 0.05) is 6.04 Å². The zero-order valence-electron chi connectivity index (χ0n) is 5.73. The molecular weight excluding hydrogens is 170 g/mol. The summed E-state index contributed by atoms with van der Waals surface area (Å²) in [5, 5.41) is 7.07. The van der Waals surface area contributed by atoms with Gasteiger partial charge in [-0.1, -0.05) is 0 Å². The number of carboxylic acid groups (broad SMARTS) is 1. The fraction of sp³-hybridized carbons (Fsp3) is 0.800. The third-order valence-corrected chi connectivity index (χ3v) is 3.88. The molecule has 1 saturated heterocycles. The molecule has 1 aliphatic heterocycles. The van der Waals surface area contributed by atoms with E-state index in [1.807, 2.05) is 0 Å². The molecule has 0 bridgehead atoms. The lowest BCUT2D eigenvalue weighted by Gasteiger charge is -2.07. The predicted molar refractivity (Wildman–Crippen MR) is 37.8 cm³/mol. The van der Waals surface area contributed by atoms with Crippen LogP contribution in [0.2, 0.25) is 0 Å². The minimum absolute atomic E-state index is 0.106. The van der Waals surface area contributed by atoms with Crippen LogP contribution in [0.1, 0.15) is 6.42 Å². The van der Waals surface area contributed by atoms with E-state index >= 15 is 0 Å². The van der Waals surface area contributed by atoms with Crippen LogP contribution in [0.15, 0.2) is 0 Å². The van der Waals surface area contributed by atoms with Gasteiger partial charge in [-0.2, -0.15) is 0 Å². The smallest absolute Gasteiger partial charge is 0.323 e. The highest BCUT2D eigenvalue weighted by Gasteiger charge is 2.43. The van der Waals surface area contributed by atoms with E-state index in [-0.39, 0.29) is 12.2 Å². The number of carbonyl (C=O) groups is 1. The Labute approximate surface area is 64.1 Å². The van der Waals surface area contributed by atoms with E-state index in [1.165, 1.54) is 0 Å². The fourth-order valence-corrected chi connectivity index (χ4v) is 3.01. The first-order valence-electron chi connectivity index (χ1n) is 3.15. The second-order valence-electron chi connectivity index (χ2n) is 2.58. The molecule has 6 heteroatoms. The van der Waals surface area contributed by atoms with Gasteiger partial charge in [-0.05, 0) is 6.42 Å². The molecular formula is C5H9NO4S. The third-order valence-electron chi connectivity index (χ3n) is 1.75. The minimum Gasteiger partial charge on any atom is -0.480 e. The van der Waals surface area contributed by atoms with Crippen LogP contribution in [0, 0.1) is 0 Å². The monoisotopic (exact) mass is 179 g/mol. The fourth-order valence-electron chi connectivity index (χ4n) is 1.18. The van der Waals surface area contributed by atoms with Crippen LogP contribution in [0.4, 0.5) is 0 Å². The molecule has 0 spiro atoms. The molecule has 11 heavy (non-hydrogen) atoms. The quantitative estimate of drug-likeness (QED) is 0.515. The summed E-state index contributed by atoms with van der Waals surface area (Å²) in [6, 6.07) is -0.738. The molecule has 0 unspecified atom stereocenters. The van der Waals surface area contributed by atoms with Crippen molar-refractivity contribution in [2.45, 2.75) is 17.7 Å². The molecule has 2 atom stereocenters. The maximum absolute atomic E-state index is 11.0. The average molecular weight is 179 g/mol. The predicted octanol–water partition coefficient (Wildman–Crippen LogP) is -1.41. The number of sulfone groups is 1. The molecule has 0 saturated carbocycles. The zero-order chi connectivity index (χ0) is 8.65. The van der Waals surface area contributed by atoms with Crippen LogP contribution in [-0.4, -0.2) is 36.5 Å². The molecule has 64 valence electrons. The highest BCUT2D eigenvalue weighted by Crippen LogP contribution is 2.18. The van der Waals surface area contributed by atoms with E-state index in [0.717, 1.165) is 0 Å². The van der Waals surface area contributed by atoms with E-state index in [4.69, 9.17) is 10.8 Å². The lowest BCUT2D eigenvalue weighted by atomic mass is 10.2. The highest BCUT2D eigenvalue weighted by atomic mass is 32.2. The van der Waals surface area contributed by atoms with E-state index in [9.17, 15) is 13.2 Å². The molecule has 5 nitrogen and oxygen atoms in total. The van der Waals surface area contributed by atoms with Crippen LogP contribution in [0.5, 0.6) is 0 Å². The van der Waals surface area contributed by atoms with E-state index in [1.54, 1.807) is 0 Å². The van der Waals surface area contributed by atoms with Gasteiger partial charge in [0.15, 0.2) is 15.1 Å². The summed E-state index contributed by atoms with van der Waals surface area (Å²) in [6.45, 7) is 0. The number of hydrogen-bond acceptors (Lipinski definition) is 4. The van der Waals surface area contributed by atoms with Crippen LogP contribution >= 0.6 is 0 Å². The van der Waals surface area contributed by atoms with Crippen molar-refractivity contribution in [3.05, 3.63) is 0 Å². The van der Waals surface area contributed by atoms with Crippen molar-refractivity contribution in [1.82, 2.24) is 0 Å². The highest BCUT2D eigenvalue weighted by molar-refractivity contribution is 7.93. The maximum atomic E-state index is 11.0. The van der Waals surface area contributed by atoms with Crippen LogP contribution in [-0.2, 0) is 14.6 Å². The Morgan fingerprint density at radius 2 is 2.09 bits per heavy atom. The SMILES string of the molecule is N[C@H]1CCS(=O)(=O)[C@@H]1C(=O)O. The van der Waals surface area contributed by atoms with Crippen LogP contribution in [0.3, 0.4) is 0 Å². The largest absolute Gasteiger partial charge is 0.480 e. The summed E-state index contributed by atoms with van der Waals surface area (Å²) in [6.07, 6.45) is 0.249. The standard InChI is InChI=1S/C5H9NO4S/c6-3-1-2-11(9,10)4(3)5(7)8/h3-4H,1-2,6H2,(H,7,8)/t3-,4-/m0/s1. The van der Waals surface area contributed by atoms with Crippen molar-refractivity contribution in [2.75, 3.05) is 5.75 Å². The summed E-state index contributed by atoms with van der Waals surface area (Å²) in [5.41, 5.74) is 5.30. The number of nitrogens with two attached hydrogens (primary N) is 1. The zero-order valence-corrected chi connectivity index (χ0v) is 6.54. The summed E-state index contributed by atoms with van der Waals surface area (Å²) >= 11 is 0. The first-order chi connectivity index (χ1) is 4.95. The molecule has 0 amide bonds. The first-order valence-corrected chi connectivity index (χ1v) is 4.86. The molecule has 1 rings (SSSR count). The van der Waals surface area contributed by atoms with E-state index in [2.05, 4.69) is 0 Å². The average Bonchev–Trinajstić information content (AvgIpc) is 2.06. The number of carboxylic acids is 1. The summed E-state index contributed by atoms with van der Waals surface area (Å²) < 4.78 is 21.9. The molecule has 3 N–H and O–H groups in total. The maximum Gasteiger partial charge on any atom is 0.323 e. The van der Waals surface area contributed by atoms with Gasteiger partial charge in [0.25, 0.3) is 0 Å². The van der Waals surface area contributed by atoms with Crippen molar-refractivity contribution in [2.24, 2.45) is 5.73 Å². The van der Waals surface area contributed by atoms with Gasteiger partial charge >= 0.3 is 5.97 Å². The second kappa shape index (κ2) is 2.46. The van der Waals surface area contributed by atoms with Gasteiger partial charge in [0.05, 0.1) is 5.75 Å². The van der Waals surface area contributed by atoms with Gasteiger partial charge in [-0.15, -0.1) is 0 Å². The Balaban J connectivity index is 2.99.